The predicted molar refractivity (Wildman–Crippen MR) is 78.2 cm³/mol. The van der Waals surface area contributed by atoms with E-state index in [1.165, 1.54) is 6.07 Å². The molecule has 1 aromatic heterocycles. The van der Waals surface area contributed by atoms with Crippen molar-refractivity contribution in [3.63, 3.8) is 0 Å². The van der Waals surface area contributed by atoms with Gasteiger partial charge < -0.3 is 0 Å². The number of fused-ring (bicyclic) bond motifs is 1. The molecule has 0 fully saturated rings. The third kappa shape index (κ3) is 2.21. The first-order valence-corrected chi connectivity index (χ1v) is 6.99. The fourth-order valence-corrected chi connectivity index (χ4v) is 3.07. The Morgan fingerprint density at radius 2 is 1.82 bits per heavy atom. The molecular weight excluding hydrogens is 289 g/mol. The van der Waals surface area contributed by atoms with Gasteiger partial charge in [-0.15, -0.1) is 0 Å². The van der Waals surface area contributed by atoms with Gasteiger partial charge in [-0.25, -0.2) is 4.58 Å². The minimum absolute atomic E-state index is 0.0692. The molecule has 0 saturated heterocycles. The Morgan fingerprint density at radius 1 is 1.09 bits per heavy atom. The van der Waals surface area contributed by atoms with Gasteiger partial charge in [0.15, 0.2) is 5.71 Å². The Hall–Kier alpha value is -2.17. The van der Waals surface area contributed by atoms with Crippen molar-refractivity contribution < 1.29 is 17.7 Å². The summed E-state index contributed by atoms with van der Waals surface area (Å²) in [4.78, 5) is 4.14. The molecule has 0 aliphatic carbocycles. The van der Waals surface area contributed by atoms with Crippen LogP contribution in [0.15, 0.2) is 36.7 Å². The van der Waals surface area contributed by atoms with Crippen molar-refractivity contribution in [2.24, 2.45) is 0 Å². The smallest absolute Gasteiger partial charge is 0.264 e. The Labute approximate surface area is 126 Å². The third-order valence-electron chi connectivity index (χ3n) is 4.35. The van der Waals surface area contributed by atoms with Crippen LogP contribution in [-0.2, 0) is 6.18 Å². The molecule has 0 amide bonds. The zero-order valence-electron chi connectivity index (χ0n) is 12.6. The van der Waals surface area contributed by atoms with Crippen molar-refractivity contribution in [3.8, 4) is 0 Å². The van der Waals surface area contributed by atoms with Gasteiger partial charge in [-0.2, -0.15) is 13.2 Å². The molecule has 114 valence electrons. The van der Waals surface area contributed by atoms with Crippen LogP contribution in [0.1, 0.15) is 40.8 Å². The van der Waals surface area contributed by atoms with Gasteiger partial charge in [-0.3, -0.25) is 4.98 Å². The Balaban J connectivity index is 2.13. The molecule has 0 spiro atoms. The van der Waals surface area contributed by atoms with E-state index < -0.39 is 11.7 Å². The van der Waals surface area contributed by atoms with Gasteiger partial charge in [-0.1, -0.05) is 6.07 Å². The van der Waals surface area contributed by atoms with E-state index >= 15 is 0 Å². The van der Waals surface area contributed by atoms with E-state index in [0.29, 0.717) is 5.56 Å². The number of alkyl halides is 3. The highest BCUT2D eigenvalue weighted by Crippen LogP contribution is 2.37. The van der Waals surface area contributed by atoms with Crippen LogP contribution >= 0.6 is 0 Å². The van der Waals surface area contributed by atoms with Gasteiger partial charge >= 0.3 is 6.18 Å². The summed E-state index contributed by atoms with van der Waals surface area (Å²) in [6, 6.07) is 5.83. The molecule has 0 N–H and O–H groups in total. The molecule has 3 rings (SSSR count). The number of hydrogen-bond acceptors (Lipinski definition) is 1. The second kappa shape index (κ2) is 4.93. The topological polar surface area (TPSA) is 15.9 Å². The summed E-state index contributed by atoms with van der Waals surface area (Å²) in [6.45, 7) is 3.73. The zero-order chi connectivity index (χ0) is 16.1. The molecule has 2 aromatic rings. The summed E-state index contributed by atoms with van der Waals surface area (Å²) in [5.74, 6) is 0. The van der Waals surface area contributed by atoms with Crippen molar-refractivity contribution >= 4 is 5.71 Å². The SMILES string of the molecule is CC1=[N+](C)C(c2ccc(C(F)(F)F)cc2C)c2ccncc21. The van der Waals surface area contributed by atoms with Gasteiger partial charge in [0.2, 0.25) is 6.04 Å². The fraction of sp³-hybridized carbons (Fsp3) is 0.294. The van der Waals surface area contributed by atoms with Crippen LogP contribution in [0.25, 0.3) is 0 Å². The van der Waals surface area contributed by atoms with Crippen LogP contribution in [0, 0.1) is 6.92 Å². The van der Waals surface area contributed by atoms with Crippen LogP contribution in [0.4, 0.5) is 13.2 Å². The van der Waals surface area contributed by atoms with Crippen LogP contribution in [0.2, 0.25) is 0 Å². The zero-order valence-corrected chi connectivity index (χ0v) is 12.6. The van der Waals surface area contributed by atoms with Gasteiger partial charge in [0, 0.05) is 30.4 Å². The van der Waals surface area contributed by atoms with E-state index in [-0.39, 0.29) is 6.04 Å². The molecule has 2 nitrogen and oxygen atoms in total. The lowest BCUT2D eigenvalue weighted by Crippen LogP contribution is -2.16. The summed E-state index contributed by atoms with van der Waals surface area (Å²) < 4.78 is 40.6. The van der Waals surface area contributed by atoms with Crippen molar-refractivity contribution in [1.82, 2.24) is 4.98 Å². The van der Waals surface area contributed by atoms with E-state index in [9.17, 15) is 13.2 Å². The maximum absolute atomic E-state index is 12.8. The lowest BCUT2D eigenvalue weighted by atomic mass is 9.93. The molecule has 0 saturated carbocycles. The number of rotatable bonds is 1. The van der Waals surface area contributed by atoms with E-state index in [1.807, 2.05) is 20.0 Å². The number of nitrogens with zero attached hydrogens (tertiary/aromatic N) is 2. The van der Waals surface area contributed by atoms with Crippen LogP contribution in [0.3, 0.4) is 0 Å². The minimum atomic E-state index is -4.31. The predicted octanol–water partition coefficient (Wildman–Crippen LogP) is 3.96. The first-order chi connectivity index (χ1) is 10.3. The van der Waals surface area contributed by atoms with Crippen molar-refractivity contribution in [2.75, 3.05) is 7.05 Å². The summed E-state index contributed by atoms with van der Waals surface area (Å²) in [7, 11) is 1.96. The van der Waals surface area contributed by atoms with E-state index in [0.717, 1.165) is 28.5 Å². The Kier molecular flexibility index (Phi) is 3.31. The fourth-order valence-electron chi connectivity index (χ4n) is 3.07. The Morgan fingerprint density at radius 3 is 2.45 bits per heavy atom. The molecule has 1 unspecified atom stereocenters. The standard InChI is InChI=1S/C17H16F3N2/c1-10-8-12(17(18,19)20)4-5-13(10)16-14-6-7-21-9-15(14)11(2)22(16)3/h4-9,16H,1-3H3/q+1. The molecule has 1 aliphatic heterocycles. The highest BCUT2D eigenvalue weighted by molar-refractivity contribution is 5.98. The van der Waals surface area contributed by atoms with Gasteiger partial charge in [0.25, 0.3) is 0 Å². The number of benzene rings is 1. The number of halogens is 3. The average Bonchev–Trinajstić information content (AvgIpc) is 2.71. The highest BCUT2D eigenvalue weighted by Gasteiger charge is 2.37. The van der Waals surface area contributed by atoms with E-state index in [1.54, 1.807) is 25.4 Å². The summed E-state index contributed by atoms with van der Waals surface area (Å²) >= 11 is 0. The van der Waals surface area contributed by atoms with E-state index in [2.05, 4.69) is 9.56 Å². The molecule has 2 heterocycles. The maximum atomic E-state index is 12.8. The summed E-state index contributed by atoms with van der Waals surface area (Å²) in [5.41, 5.74) is 4.13. The normalized spacial score (nSPS) is 17.8. The first-order valence-electron chi connectivity index (χ1n) is 6.99. The molecular formula is C17H16F3N2+. The summed E-state index contributed by atoms with van der Waals surface area (Å²) in [6.07, 6.45) is -0.785. The maximum Gasteiger partial charge on any atom is 0.416 e. The molecule has 1 aromatic carbocycles. The third-order valence-corrected chi connectivity index (χ3v) is 4.35. The molecule has 0 bridgehead atoms. The van der Waals surface area contributed by atoms with Crippen molar-refractivity contribution in [2.45, 2.75) is 26.1 Å². The second-order valence-corrected chi connectivity index (χ2v) is 5.63. The minimum Gasteiger partial charge on any atom is -0.264 e. The van der Waals surface area contributed by atoms with E-state index in [4.69, 9.17) is 0 Å². The lowest BCUT2D eigenvalue weighted by molar-refractivity contribution is -0.528. The molecule has 1 atom stereocenters. The Bertz CT molecular complexity index is 776. The monoisotopic (exact) mass is 305 g/mol. The molecule has 0 radical (unpaired) electrons. The quantitative estimate of drug-likeness (QED) is 0.728. The lowest BCUT2D eigenvalue weighted by Gasteiger charge is -2.15. The van der Waals surface area contributed by atoms with Gasteiger partial charge in [0.1, 0.15) is 7.05 Å². The average molecular weight is 305 g/mol. The molecule has 22 heavy (non-hydrogen) atoms. The van der Waals surface area contributed by atoms with Crippen LogP contribution in [-0.4, -0.2) is 22.3 Å². The molecule has 1 aliphatic rings. The second-order valence-electron chi connectivity index (χ2n) is 5.63. The van der Waals surface area contributed by atoms with Crippen LogP contribution < -0.4 is 0 Å². The van der Waals surface area contributed by atoms with Crippen LogP contribution in [0.5, 0.6) is 0 Å². The number of pyridine rings is 1. The van der Waals surface area contributed by atoms with Gasteiger partial charge in [0.05, 0.1) is 11.1 Å². The highest BCUT2D eigenvalue weighted by atomic mass is 19.4. The number of aromatic nitrogens is 1. The van der Waals surface area contributed by atoms with Crippen molar-refractivity contribution in [3.05, 3.63) is 64.5 Å². The first kappa shape index (κ1) is 14.8. The number of hydrogen-bond donors (Lipinski definition) is 0. The van der Waals surface area contributed by atoms with Crippen molar-refractivity contribution in [1.29, 1.82) is 0 Å². The molecule has 5 heteroatoms. The number of aryl methyl sites for hydroxylation is 1. The largest absolute Gasteiger partial charge is 0.416 e. The van der Waals surface area contributed by atoms with Gasteiger partial charge in [-0.05, 0) is 30.7 Å². The summed E-state index contributed by atoms with van der Waals surface area (Å²) in [5, 5.41) is 0.